The average Bonchev–Trinajstić information content (AvgIpc) is 2.11. The Kier molecular flexibility index (Phi) is 4.32. The summed E-state index contributed by atoms with van der Waals surface area (Å²) in [6, 6.07) is 6.44. The highest BCUT2D eigenvalue weighted by atomic mass is 32.2. The van der Waals surface area contributed by atoms with Gasteiger partial charge < -0.3 is 4.74 Å². The summed E-state index contributed by atoms with van der Waals surface area (Å²) < 4.78 is 32.5. The van der Waals surface area contributed by atoms with Crippen LogP contribution in [0.2, 0.25) is 0 Å². The molecule has 0 heterocycles. The summed E-state index contributed by atoms with van der Waals surface area (Å²) in [6.07, 6.45) is 0. The molecule has 0 aliphatic carbocycles. The minimum atomic E-state index is -3.48. The summed E-state index contributed by atoms with van der Waals surface area (Å²) >= 11 is 0. The van der Waals surface area contributed by atoms with Crippen LogP contribution in [0.15, 0.2) is 29.2 Å². The van der Waals surface area contributed by atoms with Gasteiger partial charge in [0.05, 0.1) is 4.90 Å². The molecule has 4 nitrogen and oxygen atoms in total. The fourth-order valence-corrected chi connectivity index (χ4v) is 2.92. The Balaban J connectivity index is 2.93. The van der Waals surface area contributed by atoms with E-state index >= 15 is 0 Å². The molecular formula is C14H23NO3S. The van der Waals surface area contributed by atoms with Crippen molar-refractivity contribution in [3.8, 4) is 5.75 Å². The van der Waals surface area contributed by atoms with Crippen molar-refractivity contribution in [3.05, 3.63) is 24.3 Å². The quantitative estimate of drug-likeness (QED) is 0.929. The zero-order valence-corrected chi connectivity index (χ0v) is 13.3. The second-order valence-corrected chi connectivity index (χ2v) is 8.22. The molecule has 1 aromatic rings. The van der Waals surface area contributed by atoms with Gasteiger partial charge in [-0.2, -0.15) is 0 Å². The van der Waals surface area contributed by atoms with Crippen molar-refractivity contribution >= 4 is 10.0 Å². The third kappa shape index (κ3) is 5.61. The number of hydrogen-bond donors (Lipinski definition) is 1. The van der Waals surface area contributed by atoms with Crippen LogP contribution in [0.5, 0.6) is 5.75 Å². The van der Waals surface area contributed by atoms with Gasteiger partial charge in [0, 0.05) is 5.54 Å². The Labute approximate surface area is 116 Å². The first kappa shape index (κ1) is 16.0. The van der Waals surface area contributed by atoms with Crippen molar-refractivity contribution in [1.82, 2.24) is 4.72 Å². The van der Waals surface area contributed by atoms with E-state index in [-0.39, 0.29) is 10.5 Å². The van der Waals surface area contributed by atoms with Crippen LogP contribution in [-0.4, -0.2) is 19.6 Å². The minimum absolute atomic E-state index is 0.240. The van der Waals surface area contributed by atoms with E-state index < -0.39 is 15.6 Å². The summed E-state index contributed by atoms with van der Waals surface area (Å²) in [5.41, 5.74) is -0.802. The van der Waals surface area contributed by atoms with Gasteiger partial charge in [-0.3, -0.25) is 0 Å². The lowest BCUT2D eigenvalue weighted by atomic mass is 10.1. The minimum Gasteiger partial charge on any atom is -0.488 e. The van der Waals surface area contributed by atoms with Crippen LogP contribution in [0.1, 0.15) is 41.5 Å². The number of rotatable bonds is 3. The zero-order valence-electron chi connectivity index (χ0n) is 12.4. The zero-order chi connectivity index (χ0) is 14.9. The number of benzene rings is 1. The molecule has 108 valence electrons. The highest BCUT2D eigenvalue weighted by Gasteiger charge is 2.22. The molecular weight excluding hydrogens is 262 g/mol. The molecule has 0 aromatic heterocycles. The van der Waals surface area contributed by atoms with Crippen molar-refractivity contribution in [3.63, 3.8) is 0 Å². The molecule has 1 N–H and O–H groups in total. The number of sulfonamides is 1. The third-order valence-corrected chi connectivity index (χ3v) is 3.77. The van der Waals surface area contributed by atoms with E-state index in [1.54, 1.807) is 24.3 Å². The molecule has 0 bridgehead atoms. The molecule has 5 heteroatoms. The molecule has 1 rings (SSSR count). The SMILES string of the molecule is CC(C)(C)NS(=O)(=O)c1ccc(OC(C)(C)C)cc1. The second kappa shape index (κ2) is 5.13. The first-order chi connectivity index (χ1) is 8.39. The molecule has 0 spiro atoms. The molecule has 1 aromatic carbocycles. The van der Waals surface area contributed by atoms with Crippen molar-refractivity contribution in [2.24, 2.45) is 0 Å². The Morgan fingerprint density at radius 3 is 1.79 bits per heavy atom. The van der Waals surface area contributed by atoms with Gasteiger partial charge in [0.25, 0.3) is 0 Å². The van der Waals surface area contributed by atoms with E-state index in [0.29, 0.717) is 5.75 Å². The van der Waals surface area contributed by atoms with Crippen molar-refractivity contribution in [2.45, 2.75) is 57.6 Å². The molecule has 0 amide bonds. The van der Waals surface area contributed by atoms with Crippen LogP contribution >= 0.6 is 0 Å². The summed E-state index contributed by atoms with van der Waals surface area (Å²) in [5.74, 6) is 0.655. The predicted octanol–water partition coefficient (Wildman–Crippen LogP) is 2.94. The molecule has 0 saturated heterocycles. The summed E-state index contributed by atoms with van der Waals surface area (Å²) in [5, 5.41) is 0. The lowest BCUT2D eigenvalue weighted by molar-refractivity contribution is 0.131. The van der Waals surface area contributed by atoms with Gasteiger partial charge in [-0.15, -0.1) is 0 Å². The molecule has 0 aliphatic heterocycles. The maximum Gasteiger partial charge on any atom is 0.241 e. The Bertz CT molecular complexity index is 519. The topological polar surface area (TPSA) is 55.4 Å². The van der Waals surface area contributed by atoms with Gasteiger partial charge in [-0.05, 0) is 65.8 Å². The molecule has 19 heavy (non-hydrogen) atoms. The first-order valence-corrected chi connectivity index (χ1v) is 7.70. The highest BCUT2D eigenvalue weighted by Crippen LogP contribution is 2.21. The van der Waals surface area contributed by atoms with Crippen LogP contribution in [0, 0.1) is 0 Å². The monoisotopic (exact) mass is 285 g/mol. The van der Waals surface area contributed by atoms with Crippen LogP contribution in [-0.2, 0) is 10.0 Å². The number of nitrogens with one attached hydrogen (secondary N) is 1. The van der Waals surface area contributed by atoms with E-state index in [2.05, 4.69) is 4.72 Å². The van der Waals surface area contributed by atoms with Gasteiger partial charge >= 0.3 is 0 Å². The van der Waals surface area contributed by atoms with Crippen LogP contribution in [0.25, 0.3) is 0 Å². The van der Waals surface area contributed by atoms with E-state index in [4.69, 9.17) is 4.74 Å². The Morgan fingerprint density at radius 1 is 0.947 bits per heavy atom. The van der Waals surface area contributed by atoms with Crippen molar-refractivity contribution < 1.29 is 13.2 Å². The second-order valence-electron chi connectivity index (χ2n) is 6.54. The standard InChI is InChI=1S/C14H23NO3S/c1-13(2,3)15-19(16,17)12-9-7-11(8-10-12)18-14(4,5)6/h7-10,15H,1-6H3. The highest BCUT2D eigenvalue weighted by molar-refractivity contribution is 7.89. The average molecular weight is 285 g/mol. The fraction of sp³-hybridized carbons (Fsp3) is 0.571. The normalized spacial score (nSPS) is 13.4. The third-order valence-electron chi connectivity index (χ3n) is 2.00. The molecule has 0 atom stereocenters. The molecule has 0 unspecified atom stereocenters. The lowest BCUT2D eigenvalue weighted by Gasteiger charge is -2.22. The largest absolute Gasteiger partial charge is 0.488 e. The number of hydrogen-bond acceptors (Lipinski definition) is 3. The van der Waals surface area contributed by atoms with E-state index in [9.17, 15) is 8.42 Å². The van der Waals surface area contributed by atoms with E-state index in [1.807, 2.05) is 41.5 Å². The predicted molar refractivity (Wildman–Crippen MR) is 76.9 cm³/mol. The van der Waals surface area contributed by atoms with Gasteiger partial charge in [0.15, 0.2) is 0 Å². The van der Waals surface area contributed by atoms with Crippen molar-refractivity contribution in [2.75, 3.05) is 0 Å². The van der Waals surface area contributed by atoms with Gasteiger partial charge in [-0.25, -0.2) is 13.1 Å². The summed E-state index contributed by atoms with van der Waals surface area (Å²) in [7, 11) is -3.48. The lowest BCUT2D eigenvalue weighted by Crippen LogP contribution is -2.40. The van der Waals surface area contributed by atoms with Crippen LogP contribution in [0.3, 0.4) is 0 Å². The summed E-state index contributed by atoms with van der Waals surface area (Å²) in [4.78, 5) is 0.240. The van der Waals surface area contributed by atoms with Gasteiger partial charge in [0.1, 0.15) is 11.4 Å². The van der Waals surface area contributed by atoms with Gasteiger partial charge in [0.2, 0.25) is 10.0 Å². The molecule has 0 aliphatic rings. The van der Waals surface area contributed by atoms with E-state index in [0.717, 1.165) is 0 Å². The molecule has 0 fully saturated rings. The summed E-state index contributed by atoms with van der Waals surface area (Å²) in [6.45, 7) is 11.3. The Hall–Kier alpha value is -1.07. The van der Waals surface area contributed by atoms with Crippen LogP contribution < -0.4 is 9.46 Å². The molecule has 0 radical (unpaired) electrons. The van der Waals surface area contributed by atoms with Gasteiger partial charge in [-0.1, -0.05) is 0 Å². The fourth-order valence-electron chi connectivity index (χ4n) is 1.50. The maximum atomic E-state index is 12.1. The Morgan fingerprint density at radius 2 is 1.42 bits per heavy atom. The first-order valence-electron chi connectivity index (χ1n) is 6.22. The van der Waals surface area contributed by atoms with E-state index in [1.165, 1.54) is 0 Å². The van der Waals surface area contributed by atoms with Crippen molar-refractivity contribution in [1.29, 1.82) is 0 Å². The van der Waals surface area contributed by atoms with Crippen LogP contribution in [0.4, 0.5) is 0 Å². The number of ether oxygens (including phenoxy) is 1. The molecule has 0 saturated carbocycles. The smallest absolute Gasteiger partial charge is 0.241 e. The maximum absolute atomic E-state index is 12.1.